The Bertz CT molecular complexity index is 620. The van der Waals surface area contributed by atoms with Gasteiger partial charge in [-0.05, 0) is 0 Å². The maximum absolute atomic E-state index is 11.5. The van der Waals surface area contributed by atoms with Gasteiger partial charge in [0.05, 0.1) is 29.8 Å². The maximum Gasteiger partial charge on any atom is 0.377 e. The minimum absolute atomic E-state index is 0.0786. The predicted molar refractivity (Wildman–Crippen MR) is 62.8 cm³/mol. The second-order valence-electron chi connectivity index (χ2n) is 3.50. The molecule has 2 aromatic rings. The molecule has 0 aliphatic heterocycles. The predicted octanol–water partition coefficient (Wildman–Crippen LogP) is -0.903. The summed E-state index contributed by atoms with van der Waals surface area (Å²) in [6.07, 6.45) is 2.82. The van der Waals surface area contributed by atoms with Crippen LogP contribution in [0.1, 0.15) is 10.4 Å². The van der Waals surface area contributed by atoms with E-state index in [4.69, 9.17) is 9.84 Å². The lowest BCUT2D eigenvalue weighted by Gasteiger charge is -2.04. The molecule has 2 heterocycles. The summed E-state index contributed by atoms with van der Waals surface area (Å²) < 4.78 is 5.08. The zero-order valence-electron chi connectivity index (χ0n) is 9.27. The highest BCUT2D eigenvalue weighted by molar-refractivity contribution is 6.44. The number of aromatic nitrogens is 2. The first-order chi connectivity index (χ1) is 8.06. The molecule has 0 amide bonds. The van der Waals surface area contributed by atoms with Crippen molar-refractivity contribution in [2.75, 3.05) is 7.11 Å². The van der Waals surface area contributed by atoms with Gasteiger partial charge in [0, 0.05) is 11.8 Å². The number of pyridine rings is 1. The number of rotatable bonds is 3. The van der Waals surface area contributed by atoms with Gasteiger partial charge in [-0.2, -0.15) is 0 Å². The maximum atomic E-state index is 11.5. The summed E-state index contributed by atoms with van der Waals surface area (Å²) in [6.45, 7) is 0. The highest BCUT2D eigenvalue weighted by atomic mass is 16.5. The van der Waals surface area contributed by atoms with Crippen molar-refractivity contribution in [3.05, 3.63) is 18.0 Å². The summed E-state index contributed by atoms with van der Waals surface area (Å²) in [6, 6.07) is 0. The molecule has 0 aliphatic carbocycles. The van der Waals surface area contributed by atoms with E-state index in [1.54, 1.807) is 7.85 Å². The molecular weight excluding hydrogens is 223 g/mol. The van der Waals surface area contributed by atoms with E-state index in [2.05, 4.69) is 9.97 Å². The van der Waals surface area contributed by atoms with Crippen LogP contribution in [-0.2, 0) is 4.79 Å². The van der Waals surface area contributed by atoms with Crippen molar-refractivity contribution in [1.82, 2.24) is 9.97 Å². The van der Waals surface area contributed by atoms with Crippen LogP contribution in [0.25, 0.3) is 10.9 Å². The number of aromatic amines is 1. The average Bonchev–Trinajstić information content (AvgIpc) is 2.74. The number of aliphatic carboxylic acids is 1. The van der Waals surface area contributed by atoms with Crippen molar-refractivity contribution in [3.8, 4) is 5.75 Å². The number of ketones is 1. The Labute approximate surface area is 97.0 Å². The number of hydrogen-bond donors (Lipinski definition) is 2. The zero-order valence-corrected chi connectivity index (χ0v) is 9.27. The molecule has 0 unspecified atom stereocenters. The third kappa shape index (κ3) is 1.65. The van der Waals surface area contributed by atoms with Crippen molar-refractivity contribution in [2.24, 2.45) is 0 Å². The Balaban J connectivity index is 2.78. The summed E-state index contributed by atoms with van der Waals surface area (Å²) >= 11 is 0. The number of ether oxygens (including phenoxy) is 1. The van der Waals surface area contributed by atoms with Crippen LogP contribution in [0.2, 0.25) is 0 Å². The van der Waals surface area contributed by atoms with Gasteiger partial charge in [0.1, 0.15) is 5.75 Å². The van der Waals surface area contributed by atoms with E-state index in [0.29, 0.717) is 22.2 Å². The third-order valence-corrected chi connectivity index (χ3v) is 2.52. The third-order valence-electron chi connectivity index (χ3n) is 2.52. The van der Waals surface area contributed by atoms with Crippen molar-refractivity contribution in [3.63, 3.8) is 0 Å². The number of fused-ring (bicyclic) bond motifs is 1. The first kappa shape index (κ1) is 11.2. The molecule has 86 valence electrons. The highest BCUT2D eigenvalue weighted by Gasteiger charge is 2.22. The smallest absolute Gasteiger partial charge is 0.377 e. The topological polar surface area (TPSA) is 92.3 Å². The lowest BCUT2D eigenvalue weighted by Crippen LogP contribution is -2.13. The summed E-state index contributed by atoms with van der Waals surface area (Å²) in [5, 5.41) is 9.18. The molecule has 2 N–H and O–H groups in total. The standard InChI is InChI=1S/C10H9BN2O4/c1-17-5-3-13-9(11)7-6(5)4(2-12-7)8(14)10(15)16/h2-3,12H,11H2,1H3,(H,15,16). The molecule has 2 aromatic heterocycles. The second-order valence-corrected chi connectivity index (χ2v) is 3.50. The summed E-state index contributed by atoms with van der Waals surface area (Å²) in [4.78, 5) is 29.1. The van der Waals surface area contributed by atoms with E-state index >= 15 is 0 Å². The summed E-state index contributed by atoms with van der Waals surface area (Å²) in [5.41, 5.74) is 1.36. The van der Waals surface area contributed by atoms with E-state index < -0.39 is 11.8 Å². The molecule has 0 fully saturated rings. The van der Waals surface area contributed by atoms with Gasteiger partial charge >= 0.3 is 5.97 Å². The number of carboxylic acids is 1. The second kappa shape index (κ2) is 3.93. The van der Waals surface area contributed by atoms with E-state index in [1.165, 1.54) is 19.5 Å². The molecule has 0 aromatic carbocycles. The molecule has 0 bridgehead atoms. The number of nitrogens with one attached hydrogen (secondary N) is 1. The van der Waals surface area contributed by atoms with Crippen molar-refractivity contribution < 1.29 is 19.4 Å². The number of carbonyl (C=O) groups excluding carboxylic acids is 1. The molecule has 0 atom stereocenters. The van der Waals surface area contributed by atoms with Gasteiger partial charge in [-0.25, -0.2) is 4.79 Å². The fourth-order valence-electron chi connectivity index (χ4n) is 1.70. The molecule has 0 radical (unpaired) electrons. The molecule has 0 spiro atoms. The first-order valence-corrected chi connectivity index (χ1v) is 4.84. The molecular formula is C10H9BN2O4. The Morgan fingerprint density at radius 3 is 2.82 bits per heavy atom. The number of carboxylic acid groups (broad SMARTS) is 1. The fourth-order valence-corrected chi connectivity index (χ4v) is 1.70. The van der Waals surface area contributed by atoms with Crippen LogP contribution in [0, 0.1) is 0 Å². The minimum atomic E-state index is -1.50. The number of Topliss-reactive ketones (excluding diaryl/α,β-unsaturated/α-hetero) is 1. The van der Waals surface area contributed by atoms with E-state index in [1.807, 2.05) is 0 Å². The largest absolute Gasteiger partial charge is 0.494 e. The number of carbonyl (C=O) groups is 2. The molecule has 7 heteroatoms. The lowest BCUT2D eigenvalue weighted by molar-refractivity contribution is -0.131. The van der Waals surface area contributed by atoms with Crippen LogP contribution in [0.5, 0.6) is 5.75 Å². The quantitative estimate of drug-likeness (QED) is 0.406. The normalized spacial score (nSPS) is 10.4. The molecule has 0 saturated carbocycles. The number of methoxy groups -OCH3 is 1. The summed E-state index contributed by atoms with van der Waals surface area (Å²) in [5.74, 6) is -2.10. The van der Waals surface area contributed by atoms with E-state index in [0.717, 1.165) is 0 Å². The number of H-pyrrole nitrogens is 1. The van der Waals surface area contributed by atoms with Gasteiger partial charge in [0.25, 0.3) is 5.78 Å². The lowest BCUT2D eigenvalue weighted by atomic mass is 9.99. The fraction of sp³-hybridized carbons (Fsp3) is 0.100. The Morgan fingerprint density at radius 1 is 1.53 bits per heavy atom. The minimum Gasteiger partial charge on any atom is -0.494 e. The van der Waals surface area contributed by atoms with Crippen LogP contribution in [0.4, 0.5) is 0 Å². The highest BCUT2D eigenvalue weighted by Crippen LogP contribution is 2.26. The van der Waals surface area contributed by atoms with Crippen LogP contribution in [-0.4, -0.2) is 41.8 Å². The average molecular weight is 232 g/mol. The summed E-state index contributed by atoms with van der Waals surface area (Å²) in [7, 11) is 3.20. The number of nitrogens with zero attached hydrogens (tertiary/aromatic N) is 1. The van der Waals surface area contributed by atoms with Gasteiger partial charge in [-0.3, -0.25) is 9.78 Å². The van der Waals surface area contributed by atoms with Crippen LogP contribution < -0.4 is 10.3 Å². The van der Waals surface area contributed by atoms with Crippen LogP contribution in [0.15, 0.2) is 12.4 Å². The molecule has 17 heavy (non-hydrogen) atoms. The first-order valence-electron chi connectivity index (χ1n) is 4.84. The molecule has 2 rings (SSSR count). The SMILES string of the molecule is Bc1ncc(OC)c2c(C(=O)C(=O)O)c[nH]c12. The van der Waals surface area contributed by atoms with E-state index in [-0.39, 0.29) is 5.56 Å². The van der Waals surface area contributed by atoms with Gasteiger partial charge in [-0.1, -0.05) is 0 Å². The molecule has 6 nitrogen and oxygen atoms in total. The van der Waals surface area contributed by atoms with Crippen molar-refractivity contribution >= 4 is 36.1 Å². The van der Waals surface area contributed by atoms with Crippen molar-refractivity contribution in [2.45, 2.75) is 0 Å². The van der Waals surface area contributed by atoms with Gasteiger partial charge < -0.3 is 14.8 Å². The Hall–Kier alpha value is -2.31. The van der Waals surface area contributed by atoms with Crippen LogP contribution >= 0.6 is 0 Å². The van der Waals surface area contributed by atoms with Crippen LogP contribution in [0.3, 0.4) is 0 Å². The monoisotopic (exact) mass is 232 g/mol. The molecule has 0 aliphatic rings. The van der Waals surface area contributed by atoms with E-state index in [9.17, 15) is 9.59 Å². The number of hydrogen-bond acceptors (Lipinski definition) is 4. The zero-order chi connectivity index (χ0) is 12.6. The Morgan fingerprint density at radius 2 is 2.24 bits per heavy atom. The van der Waals surface area contributed by atoms with Gasteiger partial charge in [0.2, 0.25) is 0 Å². The molecule has 0 saturated heterocycles. The Kier molecular flexibility index (Phi) is 2.59. The van der Waals surface area contributed by atoms with Gasteiger partial charge in [0.15, 0.2) is 7.85 Å². The van der Waals surface area contributed by atoms with Gasteiger partial charge in [-0.15, -0.1) is 0 Å². The van der Waals surface area contributed by atoms with Crippen molar-refractivity contribution in [1.29, 1.82) is 0 Å².